The minimum Gasteiger partial charge on any atom is -0.505 e. The van der Waals surface area contributed by atoms with Crippen molar-refractivity contribution in [1.82, 2.24) is 10.3 Å². The van der Waals surface area contributed by atoms with Crippen molar-refractivity contribution in [3.63, 3.8) is 0 Å². The van der Waals surface area contributed by atoms with Crippen LogP contribution in [-0.4, -0.2) is 33.6 Å². The number of rotatable bonds is 3. The fraction of sp³-hybridized carbons (Fsp3) is 0.0833. The van der Waals surface area contributed by atoms with E-state index in [4.69, 9.17) is 28.3 Å². The van der Waals surface area contributed by atoms with Crippen LogP contribution in [0.2, 0.25) is 10.0 Å². The van der Waals surface area contributed by atoms with Gasteiger partial charge in [0.15, 0.2) is 11.4 Å². The lowest BCUT2D eigenvalue weighted by Crippen LogP contribution is -2.29. The first-order chi connectivity index (χ1) is 9.40. The molecule has 3 N–H and O–H groups in total. The van der Waals surface area contributed by atoms with Crippen molar-refractivity contribution in [2.24, 2.45) is 0 Å². The number of halogens is 2. The van der Waals surface area contributed by atoms with Crippen LogP contribution in [0.4, 0.5) is 0 Å². The molecule has 6 nitrogen and oxygen atoms in total. The minimum absolute atomic E-state index is 0.220. The maximum absolute atomic E-state index is 11.7. The van der Waals surface area contributed by atoms with Crippen molar-refractivity contribution < 1.29 is 19.8 Å². The molecule has 1 heterocycles. The lowest BCUT2D eigenvalue weighted by Gasteiger charge is -2.08. The largest absolute Gasteiger partial charge is 0.505 e. The highest BCUT2D eigenvalue weighted by Crippen LogP contribution is 2.33. The molecule has 1 amide bonds. The predicted octanol–water partition coefficient (Wildman–Crippen LogP) is 2.06. The number of carbonyl (C=O) groups excluding carboxylic acids is 1. The van der Waals surface area contributed by atoms with Gasteiger partial charge >= 0.3 is 5.97 Å². The molecule has 8 heteroatoms. The molecular weight excluding hydrogens is 307 g/mol. The van der Waals surface area contributed by atoms with Gasteiger partial charge in [-0.05, 0) is 12.1 Å². The zero-order valence-corrected chi connectivity index (χ0v) is 11.4. The Hall–Kier alpha value is -2.05. The van der Waals surface area contributed by atoms with E-state index in [-0.39, 0.29) is 16.5 Å². The van der Waals surface area contributed by atoms with E-state index in [1.807, 2.05) is 0 Å². The molecule has 0 bridgehead atoms. The minimum atomic E-state index is -1.20. The summed E-state index contributed by atoms with van der Waals surface area (Å²) in [6.45, 7) is -0.570. The number of benzene rings is 1. The van der Waals surface area contributed by atoms with Crippen LogP contribution in [0.5, 0.6) is 5.75 Å². The average molecular weight is 315 g/mol. The molecule has 1 aromatic heterocycles. The summed E-state index contributed by atoms with van der Waals surface area (Å²) >= 11 is 11.7. The second-order valence-electron chi connectivity index (χ2n) is 3.89. The molecular formula is C12H8Cl2N2O4. The van der Waals surface area contributed by atoms with Crippen LogP contribution in [0.25, 0.3) is 10.8 Å². The van der Waals surface area contributed by atoms with Gasteiger partial charge in [-0.15, -0.1) is 0 Å². The monoisotopic (exact) mass is 314 g/mol. The number of pyridine rings is 1. The van der Waals surface area contributed by atoms with E-state index in [1.165, 1.54) is 18.3 Å². The Morgan fingerprint density at radius 1 is 1.25 bits per heavy atom. The van der Waals surface area contributed by atoms with Gasteiger partial charge < -0.3 is 15.5 Å². The number of aliphatic carboxylic acids is 1. The molecule has 0 unspecified atom stereocenters. The quantitative estimate of drug-likeness (QED) is 0.805. The lowest BCUT2D eigenvalue weighted by molar-refractivity contribution is -0.135. The maximum atomic E-state index is 11.7. The number of aromatic nitrogens is 1. The normalized spacial score (nSPS) is 10.5. The Bertz CT molecular complexity index is 718. The van der Waals surface area contributed by atoms with E-state index in [0.29, 0.717) is 15.8 Å². The van der Waals surface area contributed by atoms with Crippen molar-refractivity contribution in [2.45, 2.75) is 0 Å². The van der Waals surface area contributed by atoms with Gasteiger partial charge in [0.2, 0.25) is 0 Å². The third kappa shape index (κ3) is 2.76. The van der Waals surface area contributed by atoms with E-state index < -0.39 is 18.4 Å². The molecule has 0 spiro atoms. The molecule has 1 aromatic carbocycles. The van der Waals surface area contributed by atoms with Crippen molar-refractivity contribution in [3.05, 3.63) is 34.1 Å². The molecule has 20 heavy (non-hydrogen) atoms. The van der Waals surface area contributed by atoms with Crippen LogP contribution in [-0.2, 0) is 4.79 Å². The zero-order chi connectivity index (χ0) is 14.9. The molecule has 0 radical (unpaired) electrons. The van der Waals surface area contributed by atoms with Gasteiger partial charge in [-0.25, -0.2) is 4.98 Å². The molecule has 0 aliphatic heterocycles. The highest BCUT2D eigenvalue weighted by Gasteiger charge is 2.17. The number of hydrogen-bond donors (Lipinski definition) is 3. The Balaban J connectivity index is 2.46. The summed E-state index contributed by atoms with van der Waals surface area (Å²) in [7, 11) is 0. The summed E-state index contributed by atoms with van der Waals surface area (Å²) in [4.78, 5) is 25.9. The highest BCUT2D eigenvalue weighted by molar-refractivity contribution is 6.42. The van der Waals surface area contributed by atoms with E-state index in [9.17, 15) is 14.7 Å². The Morgan fingerprint density at radius 3 is 2.55 bits per heavy atom. The molecule has 2 aromatic rings. The van der Waals surface area contributed by atoms with E-state index >= 15 is 0 Å². The van der Waals surface area contributed by atoms with Crippen LogP contribution >= 0.6 is 23.2 Å². The van der Waals surface area contributed by atoms with Crippen molar-refractivity contribution >= 4 is 45.9 Å². The fourth-order valence-electron chi connectivity index (χ4n) is 1.60. The molecule has 0 atom stereocenters. The number of carboxylic acid groups (broad SMARTS) is 1. The van der Waals surface area contributed by atoms with Crippen molar-refractivity contribution in [2.75, 3.05) is 6.54 Å². The molecule has 2 rings (SSSR count). The summed E-state index contributed by atoms with van der Waals surface area (Å²) < 4.78 is 0. The van der Waals surface area contributed by atoms with Crippen LogP contribution < -0.4 is 5.32 Å². The van der Waals surface area contributed by atoms with Gasteiger partial charge in [0.1, 0.15) is 6.54 Å². The van der Waals surface area contributed by atoms with Crippen LogP contribution in [0, 0.1) is 0 Å². The van der Waals surface area contributed by atoms with Crippen molar-refractivity contribution in [3.8, 4) is 5.75 Å². The maximum Gasteiger partial charge on any atom is 0.322 e. The number of hydrogen-bond acceptors (Lipinski definition) is 4. The molecule has 0 saturated carbocycles. The third-order valence-electron chi connectivity index (χ3n) is 2.52. The number of carboxylic acids is 1. The predicted molar refractivity (Wildman–Crippen MR) is 73.4 cm³/mol. The Labute approximate surface area is 122 Å². The summed E-state index contributed by atoms with van der Waals surface area (Å²) in [5.41, 5.74) is -0.280. The molecule has 0 fully saturated rings. The summed E-state index contributed by atoms with van der Waals surface area (Å²) in [6, 6.07) is 2.91. The number of nitrogens with zero attached hydrogens (tertiary/aromatic N) is 1. The van der Waals surface area contributed by atoms with Gasteiger partial charge in [0.25, 0.3) is 5.91 Å². The summed E-state index contributed by atoms with van der Waals surface area (Å²) in [5, 5.41) is 21.9. The van der Waals surface area contributed by atoms with Gasteiger partial charge in [0.05, 0.1) is 10.0 Å². The smallest absolute Gasteiger partial charge is 0.322 e. The second-order valence-corrected chi connectivity index (χ2v) is 4.70. The second kappa shape index (κ2) is 5.52. The van der Waals surface area contributed by atoms with Crippen LogP contribution in [0.3, 0.4) is 0 Å². The first-order valence-electron chi connectivity index (χ1n) is 5.37. The summed E-state index contributed by atoms with van der Waals surface area (Å²) in [6.07, 6.45) is 1.34. The Kier molecular flexibility index (Phi) is 3.96. The topological polar surface area (TPSA) is 99.5 Å². The number of fused-ring (bicyclic) bond motifs is 1. The molecule has 0 aliphatic carbocycles. The molecule has 104 valence electrons. The molecule has 0 aliphatic rings. The van der Waals surface area contributed by atoms with Gasteiger partial charge in [-0.3, -0.25) is 9.59 Å². The first kappa shape index (κ1) is 14.4. The standard InChI is InChI=1S/C12H8Cl2N2O4/c13-7-1-5-3-15-10(12(20)16-4-9(17)18)11(19)6(5)2-8(7)14/h1-3,19H,4H2,(H,16,20)(H,17,18). The van der Waals surface area contributed by atoms with Gasteiger partial charge in [-0.1, -0.05) is 23.2 Å². The van der Waals surface area contributed by atoms with Crippen molar-refractivity contribution in [1.29, 1.82) is 0 Å². The lowest BCUT2D eigenvalue weighted by atomic mass is 10.1. The SMILES string of the molecule is O=C(O)CNC(=O)c1ncc2cc(Cl)c(Cl)cc2c1O. The fourth-order valence-corrected chi connectivity index (χ4v) is 1.94. The number of aromatic hydroxyl groups is 1. The Morgan fingerprint density at radius 2 is 1.90 bits per heavy atom. The highest BCUT2D eigenvalue weighted by atomic mass is 35.5. The number of nitrogens with one attached hydrogen (secondary N) is 1. The zero-order valence-electron chi connectivity index (χ0n) is 9.85. The van der Waals surface area contributed by atoms with E-state index in [2.05, 4.69) is 10.3 Å². The number of amides is 1. The van der Waals surface area contributed by atoms with Crippen LogP contribution in [0.15, 0.2) is 18.3 Å². The number of carbonyl (C=O) groups is 2. The average Bonchev–Trinajstić information content (AvgIpc) is 2.39. The van der Waals surface area contributed by atoms with E-state index in [1.54, 1.807) is 0 Å². The summed E-state index contributed by atoms with van der Waals surface area (Å²) in [5.74, 6) is -2.38. The first-order valence-corrected chi connectivity index (χ1v) is 6.12. The third-order valence-corrected chi connectivity index (χ3v) is 3.24. The van der Waals surface area contributed by atoms with Gasteiger partial charge in [-0.2, -0.15) is 0 Å². The van der Waals surface area contributed by atoms with Crippen LogP contribution in [0.1, 0.15) is 10.5 Å². The molecule has 0 saturated heterocycles. The van der Waals surface area contributed by atoms with E-state index in [0.717, 1.165) is 0 Å². The van der Waals surface area contributed by atoms with Gasteiger partial charge in [0, 0.05) is 17.0 Å².